The topological polar surface area (TPSA) is 133 Å². The zero-order chi connectivity index (χ0) is 25.1. The Hall–Kier alpha value is -3.47. The second-order valence-electron chi connectivity index (χ2n) is 8.31. The highest BCUT2D eigenvalue weighted by Gasteiger charge is 2.46. The molecule has 2 N–H and O–H groups in total. The minimum absolute atomic E-state index is 0.112. The standard InChI is InChI=1S/C24H24ClN3O7/c25-16-5-6-19(29)18(14-16)22(30)20-21(15-3-1-4-17(13-15)28(33)34)27(24(32)23(20)31)8-2-7-26-9-11-35-12-10-26/h1,3-6,13-14,21,29-30H,2,7-12H2/t21-/m0/s1. The van der Waals surface area contributed by atoms with Gasteiger partial charge in [-0.15, -0.1) is 0 Å². The fourth-order valence-corrected chi connectivity index (χ4v) is 4.57. The molecule has 0 bridgehead atoms. The van der Waals surface area contributed by atoms with E-state index in [4.69, 9.17) is 16.3 Å². The number of Topliss-reactive ketones (excluding diaryl/α,β-unsaturated/α-hetero) is 1. The number of nitrogens with zero attached hydrogens (tertiary/aromatic N) is 3. The SMILES string of the molecule is O=C1C(=O)N(CCCN2CCOCC2)[C@@H](c2cccc([N+](=O)[O-])c2)C1=C(O)c1cc(Cl)ccc1O. The number of carbonyl (C=O) groups excluding carboxylic acids is 2. The predicted molar refractivity (Wildman–Crippen MR) is 127 cm³/mol. The quantitative estimate of drug-likeness (QED) is 0.194. The Morgan fingerprint density at radius 3 is 2.60 bits per heavy atom. The summed E-state index contributed by atoms with van der Waals surface area (Å²) in [5.74, 6) is -2.70. The Labute approximate surface area is 206 Å². The molecule has 0 aromatic heterocycles. The number of morpholine rings is 1. The lowest BCUT2D eigenvalue weighted by Crippen LogP contribution is -2.39. The van der Waals surface area contributed by atoms with Gasteiger partial charge in [0.15, 0.2) is 0 Å². The molecule has 2 aromatic rings. The first kappa shape index (κ1) is 24.6. The van der Waals surface area contributed by atoms with E-state index in [1.54, 1.807) is 6.07 Å². The molecular weight excluding hydrogens is 478 g/mol. The van der Waals surface area contributed by atoms with Gasteiger partial charge in [0.05, 0.1) is 35.3 Å². The number of aliphatic hydroxyl groups excluding tert-OH is 1. The summed E-state index contributed by atoms with van der Waals surface area (Å²) in [6.07, 6.45) is 0.543. The second kappa shape index (κ2) is 10.4. The van der Waals surface area contributed by atoms with Crippen LogP contribution in [0.3, 0.4) is 0 Å². The van der Waals surface area contributed by atoms with Crippen molar-refractivity contribution in [3.8, 4) is 5.75 Å². The highest BCUT2D eigenvalue weighted by molar-refractivity contribution is 6.46. The zero-order valence-electron chi connectivity index (χ0n) is 18.7. The van der Waals surface area contributed by atoms with E-state index in [-0.39, 0.29) is 34.1 Å². The molecule has 2 saturated heterocycles. The van der Waals surface area contributed by atoms with E-state index in [2.05, 4.69) is 4.90 Å². The summed E-state index contributed by atoms with van der Waals surface area (Å²) in [5.41, 5.74) is -0.293. The number of aliphatic hydroxyl groups is 1. The molecule has 4 rings (SSSR count). The zero-order valence-corrected chi connectivity index (χ0v) is 19.5. The number of nitro benzene ring substituents is 1. The van der Waals surface area contributed by atoms with Crippen molar-refractivity contribution >= 4 is 34.7 Å². The predicted octanol–water partition coefficient (Wildman–Crippen LogP) is 3.10. The number of amides is 1. The lowest BCUT2D eigenvalue weighted by atomic mass is 9.94. The van der Waals surface area contributed by atoms with Crippen LogP contribution in [0.5, 0.6) is 5.75 Å². The third-order valence-corrected chi connectivity index (χ3v) is 6.36. The largest absolute Gasteiger partial charge is 0.507 e. The van der Waals surface area contributed by atoms with E-state index in [0.717, 1.165) is 13.1 Å². The summed E-state index contributed by atoms with van der Waals surface area (Å²) in [5, 5.41) is 32.9. The first-order chi connectivity index (χ1) is 16.8. The van der Waals surface area contributed by atoms with E-state index in [0.29, 0.717) is 31.7 Å². The first-order valence-corrected chi connectivity index (χ1v) is 11.5. The van der Waals surface area contributed by atoms with Crippen molar-refractivity contribution in [2.45, 2.75) is 12.5 Å². The Kier molecular flexibility index (Phi) is 7.34. The molecular formula is C24H24ClN3O7. The molecule has 2 heterocycles. The molecule has 2 aliphatic heterocycles. The van der Waals surface area contributed by atoms with Gasteiger partial charge in [-0.25, -0.2) is 0 Å². The van der Waals surface area contributed by atoms with Crippen molar-refractivity contribution in [3.05, 3.63) is 74.3 Å². The fraction of sp³-hybridized carbons (Fsp3) is 0.333. The monoisotopic (exact) mass is 501 g/mol. The number of aromatic hydroxyl groups is 1. The molecule has 0 unspecified atom stereocenters. The van der Waals surface area contributed by atoms with Gasteiger partial charge in [0.25, 0.3) is 17.4 Å². The molecule has 2 aliphatic rings. The van der Waals surface area contributed by atoms with Crippen LogP contribution >= 0.6 is 11.6 Å². The molecule has 1 atom stereocenters. The average Bonchev–Trinajstić information content (AvgIpc) is 3.11. The first-order valence-electron chi connectivity index (χ1n) is 11.1. The van der Waals surface area contributed by atoms with E-state index < -0.39 is 28.4 Å². The van der Waals surface area contributed by atoms with Gasteiger partial charge in [0, 0.05) is 43.3 Å². The van der Waals surface area contributed by atoms with Crippen molar-refractivity contribution < 1.29 is 29.5 Å². The molecule has 1 amide bonds. The lowest BCUT2D eigenvalue weighted by Gasteiger charge is -2.29. The van der Waals surface area contributed by atoms with Crippen LogP contribution in [-0.4, -0.2) is 76.0 Å². The Morgan fingerprint density at radius 1 is 1.14 bits per heavy atom. The molecule has 2 aromatic carbocycles. The molecule has 184 valence electrons. The number of phenolic OH excluding ortho intramolecular Hbond substituents is 1. The molecule has 11 heteroatoms. The maximum absolute atomic E-state index is 13.1. The fourth-order valence-electron chi connectivity index (χ4n) is 4.40. The number of hydrogen-bond donors (Lipinski definition) is 2. The molecule has 0 aliphatic carbocycles. The van der Waals surface area contributed by atoms with Gasteiger partial charge in [-0.3, -0.25) is 24.6 Å². The normalized spacial score (nSPS) is 20.4. The van der Waals surface area contributed by atoms with Crippen molar-refractivity contribution in [1.82, 2.24) is 9.80 Å². The number of carbonyl (C=O) groups is 2. The summed E-state index contributed by atoms with van der Waals surface area (Å²) in [4.78, 5) is 40.5. The minimum atomic E-state index is -1.07. The van der Waals surface area contributed by atoms with E-state index in [1.165, 1.54) is 41.3 Å². The summed E-state index contributed by atoms with van der Waals surface area (Å²) in [6, 6.07) is 8.48. The number of halogens is 1. The van der Waals surface area contributed by atoms with Gasteiger partial charge < -0.3 is 19.8 Å². The summed E-state index contributed by atoms with van der Waals surface area (Å²) >= 11 is 6.02. The minimum Gasteiger partial charge on any atom is -0.507 e. The molecule has 0 saturated carbocycles. The van der Waals surface area contributed by atoms with Crippen molar-refractivity contribution in [2.24, 2.45) is 0 Å². The maximum Gasteiger partial charge on any atom is 0.295 e. The van der Waals surface area contributed by atoms with Crippen LogP contribution in [-0.2, 0) is 14.3 Å². The average molecular weight is 502 g/mol. The maximum atomic E-state index is 13.1. The van der Waals surface area contributed by atoms with Crippen LogP contribution in [0.25, 0.3) is 5.76 Å². The van der Waals surface area contributed by atoms with Crippen molar-refractivity contribution in [2.75, 3.05) is 39.4 Å². The number of ether oxygens (including phenoxy) is 1. The van der Waals surface area contributed by atoms with E-state index in [1.807, 2.05) is 0 Å². The molecule has 2 fully saturated rings. The van der Waals surface area contributed by atoms with Crippen LogP contribution < -0.4 is 0 Å². The molecule has 0 spiro atoms. The van der Waals surface area contributed by atoms with Gasteiger partial charge in [0.2, 0.25) is 0 Å². The number of phenols is 1. The van der Waals surface area contributed by atoms with E-state index >= 15 is 0 Å². The second-order valence-corrected chi connectivity index (χ2v) is 8.75. The van der Waals surface area contributed by atoms with Gasteiger partial charge in [-0.2, -0.15) is 0 Å². The van der Waals surface area contributed by atoms with Gasteiger partial charge >= 0.3 is 0 Å². The highest BCUT2D eigenvalue weighted by Crippen LogP contribution is 2.42. The summed E-state index contributed by atoms with van der Waals surface area (Å²) in [6.45, 7) is 3.64. The van der Waals surface area contributed by atoms with Crippen LogP contribution in [0.15, 0.2) is 48.0 Å². The number of benzene rings is 2. The van der Waals surface area contributed by atoms with Crippen molar-refractivity contribution in [1.29, 1.82) is 0 Å². The number of nitro groups is 1. The Balaban J connectivity index is 1.74. The van der Waals surface area contributed by atoms with Crippen LogP contribution in [0.2, 0.25) is 5.02 Å². The molecule has 35 heavy (non-hydrogen) atoms. The summed E-state index contributed by atoms with van der Waals surface area (Å²) in [7, 11) is 0. The van der Waals surface area contributed by atoms with Crippen molar-refractivity contribution in [3.63, 3.8) is 0 Å². The lowest BCUT2D eigenvalue weighted by molar-refractivity contribution is -0.384. The molecule has 0 radical (unpaired) electrons. The highest BCUT2D eigenvalue weighted by atomic mass is 35.5. The number of ketones is 1. The number of likely N-dealkylation sites (tertiary alicyclic amines) is 1. The Morgan fingerprint density at radius 2 is 1.89 bits per heavy atom. The van der Waals surface area contributed by atoms with Crippen LogP contribution in [0, 0.1) is 10.1 Å². The van der Waals surface area contributed by atoms with Crippen LogP contribution in [0.4, 0.5) is 5.69 Å². The smallest absolute Gasteiger partial charge is 0.295 e. The van der Waals surface area contributed by atoms with Crippen LogP contribution in [0.1, 0.15) is 23.6 Å². The number of hydrogen-bond acceptors (Lipinski definition) is 8. The molecule has 10 nitrogen and oxygen atoms in total. The van der Waals surface area contributed by atoms with Gasteiger partial charge in [-0.1, -0.05) is 23.7 Å². The summed E-state index contributed by atoms with van der Waals surface area (Å²) < 4.78 is 5.35. The number of rotatable bonds is 7. The van der Waals surface area contributed by atoms with E-state index in [9.17, 15) is 29.9 Å². The number of non-ortho nitro benzene ring substituents is 1. The Bertz CT molecular complexity index is 1190. The third kappa shape index (κ3) is 5.14. The third-order valence-electron chi connectivity index (χ3n) is 6.13. The van der Waals surface area contributed by atoms with Gasteiger partial charge in [-0.05, 0) is 30.2 Å². The van der Waals surface area contributed by atoms with Gasteiger partial charge in [0.1, 0.15) is 11.5 Å².